The Kier molecular flexibility index (Phi) is 8.70. The Morgan fingerprint density at radius 3 is 2.35 bits per heavy atom. The first-order valence-electron chi connectivity index (χ1n) is 8.63. The molecule has 0 saturated carbocycles. The van der Waals surface area contributed by atoms with Gasteiger partial charge < -0.3 is 10.6 Å². The van der Waals surface area contributed by atoms with E-state index in [-0.39, 0.29) is 17.2 Å². The number of hydrogen-bond donors (Lipinski definition) is 2. The molecule has 0 aliphatic heterocycles. The maximum absolute atomic E-state index is 11.3. The number of guanidine groups is 1. The Balaban J connectivity index is 2.88. The molecule has 1 rings (SSSR count). The number of benzene rings is 1. The Bertz CT molecular complexity index is 714. The van der Waals surface area contributed by atoms with E-state index in [9.17, 15) is 8.42 Å². The summed E-state index contributed by atoms with van der Waals surface area (Å²) in [5.74, 6) is 0.783. The summed E-state index contributed by atoms with van der Waals surface area (Å²) in [5, 5.41) is 7.68. The molecule has 8 heteroatoms. The molecule has 26 heavy (non-hydrogen) atoms. The second-order valence-corrected chi connectivity index (χ2v) is 10.2. The minimum atomic E-state index is -2.98. The number of halogens is 2. The van der Waals surface area contributed by atoms with Gasteiger partial charge in [0.2, 0.25) is 0 Å². The van der Waals surface area contributed by atoms with Crippen LogP contribution in [-0.4, -0.2) is 45.5 Å². The van der Waals surface area contributed by atoms with Crippen molar-refractivity contribution in [1.29, 1.82) is 0 Å². The van der Waals surface area contributed by atoms with Crippen molar-refractivity contribution in [2.45, 2.75) is 45.6 Å². The van der Waals surface area contributed by atoms with Crippen molar-refractivity contribution in [2.75, 3.05) is 25.1 Å². The maximum Gasteiger partial charge on any atom is 0.191 e. The number of hydrogen-bond acceptors (Lipinski definition) is 3. The fourth-order valence-corrected chi connectivity index (χ4v) is 4.21. The molecule has 0 amide bonds. The van der Waals surface area contributed by atoms with Crippen LogP contribution in [0.15, 0.2) is 23.2 Å². The summed E-state index contributed by atoms with van der Waals surface area (Å²) < 4.78 is 22.7. The molecule has 148 valence electrons. The zero-order valence-corrected chi connectivity index (χ0v) is 18.4. The van der Waals surface area contributed by atoms with Crippen LogP contribution in [0, 0.1) is 0 Å². The molecule has 5 nitrogen and oxygen atoms in total. The zero-order valence-electron chi connectivity index (χ0n) is 16.1. The normalized spacial score (nSPS) is 14.2. The van der Waals surface area contributed by atoms with Crippen molar-refractivity contribution in [1.82, 2.24) is 10.6 Å². The second-order valence-electron chi connectivity index (χ2n) is 7.14. The summed E-state index contributed by atoms with van der Waals surface area (Å²) in [6.07, 6.45) is 1.76. The van der Waals surface area contributed by atoms with Gasteiger partial charge in [0.05, 0.1) is 12.3 Å². The van der Waals surface area contributed by atoms with Gasteiger partial charge in [0, 0.05) is 34.3 Å². The summed E-state index contributed by atoms with van der Waals surface area (Å²) in [4.78, 5) is 4.66. The van der Waals surface area contributed by atoms with Gasteiger partial charge in [-0.3, -0.25) is 4.99 Å². The highest BCUT2D eigenvalue weighted by molar-refractivity contribution is 7.90. The smallest absolute Gasteiger partial charge is 0.191 e. The molecule has 0 saturated heterocycles. The summed E-state index contributed by atoms with van der Waals surface area (Å²) in [5.41, 5.74) is 0.515. The third-order valence-corrected chi connectivity index (χ3v) is 5.53. The maximum atomic E-state index is 11.3. The molecular weight excluding hydrogens is 393 g/mol. The molecular formula is C18H29Cl2N3O2S. The lowest BCUT2D eigenvalue weighted by Gasteiger charge is -2.26. The Labute approximate surface area is 167 Å². The number of nitrogens with one attached hydrogen (secondary N) is 2. The quantitative estimate of drug-likeness (QED) is 0.496. The van der Waals surface area contributed by atoms with Gasteiger partial charge in [-0.2, -0.15) is 0 Å². The van der Waals surface area contributed by atoms with E-state index in [0.717, 1.165) is 5.56 Å². The van der Waals surface area contributed by atoms with Crippen LogP contribution in [0.3, 0.4) is 0 Å². The van der Waals surface area contributed by atoms with Crippen LogP contribution in [0.1, 0.15) is 39.7 Å². The number of sulfone groups is 1. The van der Waals surface area contributed by atoms with E-state index >= 15 is 0 Å². The van der Waals surface area contributed by atoms with Crippen LogP contribution < -0.4 is 10.6 Å². The second kappa shape index (κ2) is 9.81. The van der Waals surface area contributed by atoms with Crippen LogP contribution >= 0.6 is 23.2 Å². The average molecular weight is 422 g/mol. The fraction of sp³-hybridized carbons (Fsp3) is 0.611. The lowest BCUT2D eigenvalue weighted by molar-refractivity contribution is 0.534. The monoisotopic (exact) mass is 421 g/mol. The Morgan fingerprint density at radius 2 is 1.85 bits per heavy atom. The molecule has 0 fully saturated rings. The molecule has 0 aliphatic carbocycles. The number of nitrogens with zero attached hydrogens (tertiary/aromatic N) is 1. The molecule has 0 radical (unpaired) electrons. The lowest BCUT2D eigenvalue weighted by atomic mass is 9.84. The first-order chi connectivity index (χ1) is 12.0. The van der Waals surface area contributed by atoms with Crippen LogP contribution in [0.4, 0.5) is 0 Å². The van der Waals surface area contributed by atoms with Crippen molar-refractivity contribution >= 4 is 39.0 Å². The molecule has 1 aromatic carbocycles. The first-order valence-corrected chi connectivity index (χ1v) is 11.4. The minimum Gasteiger partial charge on any atom is -0.357 e. The van der Waals surface area contributed by atoms with E-state index in [1.807, 2.05) is 45.9 Å². The highest BCUT2D eigenvalue weighted by Gasteiger charge is 2.26. The van der Waals surface area contributed by atoms with Gasteiger partial charge in [-0.05, 0) is 38.0 Å². The van der Waals surface area contributed by atoms with Gasteiger partial charge in [-0.1, -0.05) is 43.1 Å². The summed E-state index contributed by atoms with van der Waals surface area (Å²) in [6.45, 7) is 9.19. The predicted molar refractivity (Wildman–Crippen MR) is 112 cm³/mol. The van der Waals surface area contributed by atoms with E-state index in [1.165, 1.54) is 6.26 Å². The number of rotatable bonds is 8. The van der Waals surface area contributed by atoms with Crippen molar-refractivity contribution in [2.24, 2.45) is 4.99 Å². The van der Waals surface area contributed by atoms with Crippen molar-refractivity contribution in [3.05, 3.63) is 33.8 Å². The van der Waals surface area contributed by atoms with Gasteiger partial charge in [0.15, 0.2) is 5.96 Å². The molecule has 1 atom stereocenters. The van der Waals surface area contributed by atoms with Crippen molar-refractivity contribution < 1.29 is 8.42 Å². The fourth-order valence-electron chi connectivity index (χ4n) is 2.52. The largest absolute Gasteiger partial charge is 0.357 e. The molecule has 0 aromatic heterocycles. The zero-order chi connectivity index (χ0) is 20.0. The Hall–Kier alpha value is -0.980. The van der Waals surface area contributed by atoms with E-state index in [4.69, 9.17) is 23.2 Å². The van der Waals surface area contributed by atoms with Gasteiger partial charge in [-0.15, -0.1) is 0 Å². The van der Waals surface area contributed by atoms with Gasteiger partial charge >= 0.3 is 0 Å². The number of aliphatic imine (C=N–C) groups is 1. The van der Waals surface area contributed by atoms with Gasteiger partial charge in [0.1, 0.15) is 9.84 Å². The average Bonchev–Trinajstić information content (AvgIpc) is 2.50. The third-order valence-electron chi connectivity index (χ3n) is 3.92. The van der Waals surface area contributed by atoms with E-state index in [0.29, 0.717) is 35.5 Å². The van der Waals surface area contributed by atoms with Crippen molar-refractivity contribution in [3.8, 4) is 0 Å². The summed E-state index contributed by atoms with van der Waals surface area (Å²) in [7, 11) is -2.98. The molecule has 0 aliphatic rings. The summed E-state index contributed by atoms with van der Waals surface area (Å²) in [6, 6.07) is 5.45. The van der Waals surface area contributed by atoms with Crippen molar-refractivity contribution in [3.63, 3.8) is 0 Å². The third kappa shape index (κ3) is 7.72. The van der Waals surface area contributed by atoms with E-state index in [1.54, 1.807) is 0 Å². The van der Waals surface area contributed by atoms with Gasteiger partial charge in [0.25, 0.3) is 0 Å². The van der Waals surface area contributed by atoms with Gasteiger partial charge in [-0.25, -0.2) is 8.42 Å². The molecule has 2 N–H and O–H groups in total. The standard InChI is InChI=1S/C18H29Cl2N3O2S/c1-6-21-17(23-13(2)10-11-26(5,24)25)22-12-18(3,4)16-14(19)8-7-9-15(16)20/h7-9,13H,6,10-12H2,1-5H3,(H2,21,22,23). The molecule has 0 heterocycles. The Morgan fingerprint density at radius 1 is 1.27 bits per heavy atom. The molecule has 0 spiro atoms. The van der Waals surface area contributed by atoms with E-state index < -0.39 is 9.84 Å². The van der Waals surface area contributed by atoms with Crippen LogP contribution in [-0.2, 0) is 15.3 Å². The van der Waals surface area contributed by atoms with Crippen LogP contribution in [0.5, 0.6) is 0 Å². The lowest BCUT2D eigenvalue weighted by Crippen LogP contribution is -2.43. The molecule has 1 aromatic rings. The highest BCUT2D eigenvalue weighted by atomic mass is 35.5. The SMILES string of the molecule is CCNC(=NCC(C)(C)c1c(Cl)cccc1Cl)NC(C)CCS(C)(=O)=O. The highest BCUT2D eigenvalue weighted by Crippen LogP contribution is 2.35. The molecule has 1 unspecified atom stereocenters. The van der Waals surface area contributed by atoms with Crippen LogP contribution in [0.25, 0.3) is 0 Å². The first kappa shape index (κ1) is 23.1. The predicted octanol–water partition coefficient (Wildman–Crippen LogP) is 3.65. The molecule has 0 bridgehead atoms. The van der Waals surface area contributed by atoms with Crippen LogP contribution in [0.2, 0.25) is 10.0 Å². The topological polar surface area (TPSA) is 70.6 Å². The summed E-state index contributed by atoms with van der Waals surface area (Å²) >= 11 is 12.7. The minimum absolute atomic E-state index is 0.0189. The van der Waals surface area contributed by atoms with E-state index in [2.05, 4.69) is 15.6 Å².